The van der Waals surface area contributed by atoms with E-state index in [1.54, 1.807) is 26.0 Å². The number of amides is 1. The zero-order valence-electron chi connectivity index (χ0n) is 18.6. The minimum Gasteiger partial charge on any atom is -0.372 e. The number of hydrogen-bond donors (Lipinski definition) is 0. The van der Waals surface area contributed by atoms with Crippen LogP contribution in [0.25, 0.3) is 0 Å². The van der Waals surface area contributed by atoms with Gasteiger partial charge >= 0.3 is 0 Å². The molecule has 1 heterocycles. The summed E-state index contributed by atoms with van der Waals surface area (Å²) in [5, 5.41) is -0.349. The number of hydrogen-bond acceptors (Lipinski definition) is 5. The number of benzene rings is 1. The Kier molecular flexibility index (Phi) is 9.04. The number of unbranched alkanes of at least 4 members (excludes halogenated alkanes) is 2. The Labute approximate surface area is 180 Å². The first-order valence-electron chi connectivity index (χ1n) is 10.9. The molecule has 1 aromatic carbocycles. The fraction of sp³-hybridized carbons (Fsp3) is 0.652. The van der Waals surface area contributed by atoms with Gasteiger partial charge in [0.25, 0.3) is 5.91 Å². The molecule has 1 aliphatic heterocycles. The largest absolute Gasteiger partial charge is 0.372 e. The van der Waals surface area contributed by atoms with Crippen LogP contribution in [0.1, 0.15) is 69.3 Å². The predicted octanol–water partition coefficient (Wildman–Crippen LogP) is 3.43. The molecular weight excluding hydrogens is 402 g/mol. The van der Waals surface area contributed by atoms with Crippen LogP contribution < -0.4 is 0 Å². The first kappa shape index (κ1) is 24.5. The van der Waals surface area contributed by atoms with Gasteiger partial charge in [-0.15, -0.1) is 0 Å². The topological polar surface area (TPSA) is 80.8 Å². The average molecular weight is 438 g/mol. The van der Waals surface area contributed by atoms with Gasteiger partial charge < -0.3 is 9.64 Å². The van der Waals surface area contributed by atoms with Gasteiger partial charge in [-0.2, -0.15) is 0 Å². The minimum atomic E-state index is -3.01. The summed E-state index contributed by atoms with van der Waals surface area (Å²) in [6, 6.07) is 7.28. The van der Waals surface area contributed by atoms with Crippen LogP contribution in [0.2, 0.25) is 0 Å². The number of nitrogens with zero attached hydrogens (tertiary/aromatic N) is 1. The van der Waals surface area contributed by atoms with Crippen molar-refractivity contribution in [3.8, 4) is 0 Å². The third-order valence-corrected chi connectivity index (χ3v) is 7.68. The van der Waals surface area contributed by atoms with Crippen LogP contribution in [0.4, 0.5) is 0 Å². The molecule has 0 aliphatic carbocycles. The molecule has 0 radical (unpaired) electrons. The molecule has 0 spiro atoms. The summed E-state index contributed by atoms with van der Waals surface area (Å²) >= 11 is 0. The molecular formula is C23H35NO5S. The van der Waals surface area contributed by atoms with E-state index in [-0.39, 0.29) is 34.9 Å². The summed E-state index contributed by atoms with van der Waals surface area (Å²) in [5.41, 5.74) is 1.43. The Morgan fingerprint density at radius 2 is 1.77 bits per heavy atom. The number of carbonyl (C=O) groups excluding carboxylic acids is 2. The van der Waals surface area contributed by atoms with Gasteiger partial charge in [0.2, 0.25) is 0 Å². The number of carbonyl (C=O) groups is 2. The molecule has 168 valence electrons. The van der Waals surface area contributed by atoms with E-state index in [1.165, 1.54) is 0 Å². The Morgan fingerprint density at radius 3 is 2.40 bits per heavy atom. The van der Waals surface area contributed by atoms with E-state index in [1.807, 2.05) is 30.9 Å². The number of morpholine rings is 1. The van der Waals surface area contributed by atoms with Crippen molar-refractivity contribution >= 4 is 21.5 Å². The first-order chi connectivity index (χ1) is 14.1. The van der Waals surface area contributed by atoms with Crippen molar-refractivity contribution in [2.75, 3.05) is 18.8 Å². The Balaban J connectivity index is 1.82. The summed E-state index contributed by atoms with van der Waals surface area (Å²) in [7, 11) is -3.01. The summed E-state index contributed by atoms with van der Waals surface area (Å²) in [4.78, 5) is 27.0. The van der Waals surface area contributed by atoms with E-state index in [0.717, 1.165) is 12.0 Å². The smallest absolute Gasteiger partial charge is 0.254 e. The highest BCUT2D eigenvalue weighted by Crippen LogP contribution is 2.16. The van der Waals surface area contributed by atoms with Gasteiger partial charge in [0, 0.05) is 31.5 Å². The van der Waals surface area contributed by atoms with Crippen LogP contribution in [-0.2, 0) is 25.8 Å². The lowest BCUT2D eigenvalue weighted by Gasteiger charge is -2.35. The lowest BCUT2D eigenvalue weighted by molar-refractivity contribution is -0.118. The molecule has 7 heteroatoms. The number of ether oxygens (including phenoxy) is 1. The molecule has 1 aromatic rings. The molecule has 6 nitrogen and oxygen atoms in total. The second-order valence-corrected chi connectivity index (χ2v) is 11.3. The van der Waals surface area contributed by atoms with Crippen molar-refractivity contribution in [2.45, 2.75) is 77.3 Å². The van der Waals surface area contributed by atoms with Gasteiger partial charge in [-0.3, -0.25) is 9.59 Å². The number of rotatable bonds is 10. The maximum absolute atomic E-state index is 12.8. The van der Waals surface area contributed by atoms with Gasteiger partial charge in [0.05, 0.1) is 23.2 Å². The first-order valence-corrected chi connectivity index (χ1v) is 12.6. The standard InChI is InChI=1S/C23H35NO5S/c1-17(2)30(27,28)12-7-5-6-11-22(25)14-20-9-8-10-21(13-20)23(26)24-15-18(3)29-19(4)16-24/h8-10,13,17-19H,5-7,11-12,14-16H2,1-4H3/t18-,19+. The fourth-order valence-electron chi connectivity index (χ4n) is 3.69. The predicted molar refractivity (Wildman–Crippen MR) is 118 cm³/mol. The molecule has 0 unspecified atom stereocenters. The molecule has 1 fully saturated rings. The van der Waals surface area contributed by atoms with Gasteiger partial charge in [-0.25, -0.2) is 8.42 Å². The van der Waals surface area contributed by atoms with Crippen LogP contribution in [0, 0.1) is 0 Å². The third kappa shape index (κ3) is 7.51. The maximum atomic E-state index is 12.8. The quantitative estimate of drug-likeness (QED) is 0.524. The second-order valence-electron chi connectivity index (χ2n) is 8.61. The van der Waals surface area contributed by atoms with Crippen molar-refractivity contribution in [1.29, 1.82) is 0 Å². The maximum Gasteiger partial charge on any atom is 0.254 e. The number of sulfone groups is 1. The van der Waals surface area contributed by atoms with E-state index in [0.29, 0.717) is 44.3 Å². The van der Waals surface area contributed by atoms with Crippen LogP contribution in [0.3, 0.4) is 0 Å². The van der Waals surface area contributed by atoms with Crippen molar-refractivity contribution in [3.05, 3.63) is 35.4 Å². The highest BCUT2D eigenvalue weighted by atomic mass is 32.2. The molecule has 1 saturated heterocycles. The van der Waals surface area contributed by atoms with E-state index in [2.05, 4.69) is 0 Å². The number of Topliss-reactive ketones (excluding diaryl/α,β-unsaturated/α-hetero) is 1. The molecule has 1 amide bonds. The molecule has 30 heavy (non-hydrogen) atoms. The van der Waals surface area contributed by atoms with Crippen molar-refractivity contribution in [3.63, 3.8) is 0 Å². The van der Waals surface area contributed by atoms with Crippen LogP contribution in [0.15, 0.2) is 24.3 Å². The highest BCUT2D eigenvalue weighted by Gasteiger charge is 2.26. The van der Waals surface area contributed by atoms with Crippen LogP contribution in [0.5, 0.6) is 0 Å². The van der Waals surface area contributed by atoms with E-state index < -0.39 is 9.84 Å². The van der Waals surface area contributed by atoms with Crippen LogP contribution >= 0.6 is 0 Å². The summed E-state index contributed by atoms with van der Waals surface area (Å²) in [6.45, 7) is 8.44. The molecule has 2 rings (SSSR count). The summed E-state index contributed by atoms with van der Waals surface area (Å²) < 4.78 is 29.3. The fourth-order valence-corrected chi connectivity index (χ4v) is 4.77. The third-order valence-electron chi connectivity index (χ3n) is 5.38. The molecule has 1 aliphatic rings. The van der Waals surface area contributed by atoms with E-state index in [9.17, 15) is 18.0 Å². The molecule has 0 aromatic heterocycles. The van der Waals surface area contributed by atoms with Gasteiger partial charge in [-0.05, 0) is 58.2 Å². The van der Waals surface area contributed by atoms with Gasteiger partial charge in [0.15, 0.2) is 9.84 Å². The van der Waals surface area contributed by atoms with E-state index >= 15 is 0 Å². The normalized spacial score (nSPS) is 19.8. The average Bonchev–Trinajstić information content (AvgIpc) is 2.66. The van der Waals surface area contributed by atoms with E-state index in [4.69, 9.17) is 4.74 Å². The monoisotopic (exact) mass is 437 g/mol. The lowest BCUT2D eigenvalue weighted by atomic mass is 10.0. The van der Waals surface area contributed by atoms with Gasteiger partial charge in [0.1, 0.15) is 5.78 Å². The molecule has 2 atom stereocenters. The Morgan fingerprint density at radius 1 is 1.10 bits per heavy atom. The van der Waals surface area contributed by atoms with Crippen molar-refractivity contribution in [1.82, 2.24) is 4.90 Å². The number of ketones is 1. The van der Waals surface area contributed by atoms with Crippen LogP contribution in [-0.4, -0.2) is 61.3 Å². The Bertz CT molecular complexity index is 824. The molecule has 0 bridgehead atoms. The second kappa shape index (κ2) is 11.0. The zero-order valence-corrected chi connectivity index (χ0v) is 19.4. The molecule has 0 N–H and O–H groups in total. The Hall–Kier alpha value is -1.73. The highest BCUT2D eigenvalue weighted by molar-refractivity contribution is 7.91. The van der Waals surface area contributed by atoms with Gasteiger partial charge in [-0.1, -0.05) is 18.6 Å². The zero-order chi connectivity index (χ0) is 22.3. The lowest BCUT2D eigenvalue weighted by Crippen LogP contribution is -2.48. The minimum absolute atomic E-state index is 0.0120. The summed E-state index contributed by atoms with van der Waals surface area (Å²) in [6.07, 6.45) is 2.75. The molecule has 0 saturated carbocycles. The van der Waals surface area contributed by atoms with Crippen molar-refractivity contribution in [2.24, 2.45) is 0 Å². The summed E-state index contributed by atoms with van der Waals surface area (Å²) in [5.74, 6) is 0.263. The van der Waals surface area contributed by atoms with Crippen molar-refractivity contribution < 1.29 is 22.7 Å². The SMILES string of the molecule is CC(C)S(=O)(=O)CCCCCC(=O)Cc1cccc(C(=O)N2C[C@@H](C)O[C@@H](C)C2)c1.